The first-order valence-corrected chi connectivity index (χ1v) is 9.44. The average molecular weight is 318 g/mol. The molecule has 6 heteroatoms. The molecule has 1 aliphatic carbocycles. The van der Waals surface area contributed by atoms with Crippen molar-refractivity contribution in [3.63, 3.8) is 0 Å². The molecular formula is C15H26O5S. The molecule has 1 spiro atoms. The lowest BCUT2D eigenvalue weighted by Crippen LogP contribution is -2.47. The van der Waals surface area contributed by atoms with Crippen molar-refractivity contribution in [3.8, 4) is 0 Å². The Labute approximate surface area is 127 Å². The Morgan fingerprint density at radius 1 is 1.33 bits per heavy atom. The van der Waals surface area contributed by atoms with Crippen LogP contribution in [0.25, 0.3) is 0 Å². The summed E-state index contributed by atoms with van der Waals surface area (Å²) in [5, 5.41) is -1.07. The van der Waals surface area contributed by atoms with Gasteiger partial charge in [-0.25, -0.2) is 8.42 Å². The summed E-state index contributed by atoms with van der Waals surface area (Å²) in [7, 11) is -2.04. The van der Waals surface area contributed by atoms with Gasteiger partial charge in [-0.05, 0) is 32.6 Å². The third kappa shape index (κ3) is 3.77. The monoisotopic (exact) mass is 318 g/mol. The van der Waals surface area contributed by atoms with E-state index in [0.29, 0.717) is 19.4 Å². The highest BCUT2D eigenvalue weighted by Crippen LogP contribution is 2.41. The van der Waals surface area contributed by atoms with Gasteiger partial charge < -0.3 is 9.47 Å². The van der Waals surface area contributed by atoms with Crippen LogP contribution in [0.1, 0.15) is 58.3 Å². The van der Waals surface area contributed by atoms with E-state index < -0.39 is 21.1 Å². The molecule has 1 saturated carbocycles. The van der Waals surface area contributed by atoms with Gasteiger partial charge in [-0.15, -0.1) is 0 Å². The van der Waals surface area contributed by atoms with Gasteiger partial charge in [0.1, 0.15) is 0 Å². The maximum Gasteiger partial charge on any atom is 0.306 e. The minimum absolute atomic E-state index is 0.0663. The molecule has 0 amide bonds. The Bertz CT molecular complexity index is 459. The molecule has 2 aliphatic rings. The smallest absolute Gasteiger partial charge is 0.306 e. The molecule has 1 heterocycles. The van der Waals surface area contributed by atoms with Gasteiger partial charge in [-0.1, -0.05) is 19.3 Å². The van der Waals surface area contributed by atoms with E-state index in [4.69, 9.17) is 4.74 Å². The lowest BCUT2D eigenvalue weighted by Gasteiger charge is -2.43. The highest BCUT2D eigenvalue weighted by molar-refractivity contribution is 7.92. The van der Waals surface area contributed by atoms with Gasteiger partial charge in [0.25, 0.3) is 0 Å². The SMILES string of the molecule is COC(=O)CC(C)S(=O)(=O)C1CCOC2(CCCCC2)C1. The Kier molecular flexibility index (Phi) is 5.30. The van der Waals surface area contributed by atoms with Crippen LogP contribution in [0.15, 0.2) is 0 Å². The van der Waals surface area contributed by atoms with Crippen molar-refractivity contribution in [3.05, 3.63) is 0 Å². The summed E-state index contributed by atoms with van der Waals surface area (Å²) < 4.78 is 35.9. The molecule has 1 aliphatic heterocycles. The zero-order chi connectivity index (χ0) is 15.5. The summed E-state index contributed by atoms with van der Waals surface area (Å²) in [6.45, 7) is 2.12. The van der Waals surface area contributed by atoms with Crippen molar-refractivity contribution in [2.75, 3.05) is 13.7 Å². The zero-order valence-electron chi connectivity index (χ0n) is 13.0. The molecule has 0 radical (unpaired) electrons. The molecule has 0 bridgehead atoms. The van der Waals surface area contributed by atoms with Crippen LogP contribution >= 0.6 is 0 Å². The summed E-state index contributed by atoms with van der Waals surface area (Å²) in [6, 6.07) is 0. The second-order valence-electron chi connectivity index (χ2n) is 6.39. The molecule has 1 saturated heterocycles. The van der Waals surface area contributed by atoms with Crippen molar-refractivity contribution in [2.45, 2.75) is 74.4 Å². The fraction of sp³-hybridized carbons (Fsp3) is 0.933. The lowest BCUT2D eigenvalue weighted by atomic mass is 9.80. The Morgan fingerprint density at radius 2 is 2.00 bits per heavy atom. The standard InChI is InChI=1S/C15H26O5S/c1-12(10-14(16)19-2)21(17,18)13-6-9-20-15(11-13)7-4-3-5-8-15/h12-13H,3-11H2,1-2H3. The fourth-order valence-electron chi connectivity index (χ4n) is 3.57. The van der Waals surface area contributed by atoms with Crippen LogP contribution in [0.2, 0.25) is 0 Å². The number of ether oxygens (including phenoxy) is 2. The van der Waals surface area contributed by atoms with Gasteiger partial charge in [-0.3, -0.25) is 4.79 Å². The first kappa shape index (κ1) is 16.7. The fourth-order valence-corrected chi connectivity index (χ4v) is 5.56. The number of sulfone groups is 1. The predicted octanol–water partition coefficient (Wildman–Crippen LogP) is 2.23. The summed E-state index contributed by atoms with van der Waals surface area (Å²) in [6.07, 6.45) is 6.42. The highest BCUT2D eigenvalue weighted by Gasteiger charge is 2.44. The molecule has 0 aromatic heterocycles. The van der Waals surface area contributed by atoms with Crippen LogP contribution in [0.4, 0.5) is 0 Å². The number of carbonyl (C=O) groups excluding carboxylic acids is 1. The molecular weight excluding hydrogens is 292 g/mol. The number of carbonyl (C=O) groups is 1. The largest absolute Gasteiger partial charge is 0.469 e. The van der Waals surface area contributed by atoms with Crippen LogP contribution in [0.3, 0.4) is 0 Å². The summed E-state index contributed by atoms with van der Waals surface area (Å²) in [4.78, 5) is 11.3. The van der Waals surface area contributed by atoms with Gasteiger partial charge in [-0.2, -0.15) is 0 Å². The van der Waals surface area contributed by atoms with Crippen molar-refractivity contribution in [1.29, 1.82) is 0 Å². The van der Waals surface area contributed by atoms with E-state index >= 15 is 0 Å². The van der Waals surface area contributed by atoms with E-state index in [-0.39, 0.29) is 17.3 Å². The minimum Gasteiger partial charge on any atom is -0.469 e. The van der Waals surface area contributed by atoms with Gasteiger partial charge in [0.15, 0.2) is 9.84 Å². The van der Waals surface area contributed by atoms with Crippen molar-refractivity contribution in [1.82, 2.24) is 0 Å². The maximum absolute atomic E-state index is 12.7. The number of hydrogen-bond acceptors (Lipinski definition) is 5. The number of methoxy groups -OCH3 is 1. The molecule has 2 atom stereocenters. The quantitative estimate of drug-likeness (QED) is 0.744. The van der Waals surface area contributed by atoms with Gasteiger partial charge in [0.05, 0.1) is 29.6 Å². The molecule has 5 nitrogen and oxygen atoms in total. The average Bonchev–Trinajstić information content (AvgIpc) is 2.47. The van der Waals surface area contributed by atoms with E-state index in [0.717, 1.165) is 25.7 Å². The second kappa shape index (κ2) is 6.65. The maximum atomic E-state index is 12.7. The Hall–Kier alpha value is -0.620. The number of rotatable bonds is 4. The molecule has 21 heavy (non-hydrogen) atoms. The predicted molar refractivity (Wildman–Crippen MR) is 79.8 cm³/mol. The van der Waals surface area contributed by atoms with E-state index in [1.54, 1.807) is 6.92 Å². The zero-order valence-corrected chi connectivity index (χ0v) is 13.8. The highest BCUT2D eigenvalue weighted by atomic mass is 32.2. The first-order valence-electron chi connectivity index (χ1n) is 7.83. The Balaban J connectivity index is 2.07. The normalized spacial score (nSPS) is 27.2. The van der Waals surface area contributed by atoms with Crippen LogP contribution in [-0.2, 0) is 24.1 Å². The molecule has 0 aromatic rings. The third-order valence-corrected chi connectivity index (χ3v) is 7.54. The molecule has 0 aromatic carbocycles. The van der Waals surface area contributed by atoms with Crippen LogP contribution in [-0.4, -0.2) is 44.2 Å². The summed E-state index contributed by atoms with van der Waals surface area (Å²) in [5.41, 5.74) is -0.237. The summed E-state index contributed by atoms with van der Waals surface area (Å²) in [5.74, 6) is -0.467. The molecule has 2 rings (SSSR count). The molecule has 0 N–H and O–H groups in total. The topological polar surface area (TPSA) is 69.7 Å². The lowest BCUT2D eigenvalue weighted by molar-refractivity contribution is -0.140. The van der Waals surface area contributed by atoms with Gasteiger partial charge in [0, 0.05) is 6.61 Å². The minimum atomic E-state index is -3.32. The molecule has 2 unspecified atom stereocenters. The van der Waals surface area contributed by atoms with Gasteiger partial charge >= 0.3 is 5.97 Å². The van der Waals surface area contributed by atoms with Crippen LogP contribution < -0.4 is 0 Å². The van der Waals surface area contributed by atoms with Gasteiger partial charge in [0.2, 0.25) is 0 Å². The van der Waals surface area contributed by atoms with Crippen LogP contribution in [0, 0.1) is 0 Å². The molecule has 2 fully saturated rings. The summed E-state index contributed by atoms with van der Waals surface area (Å²) >= 11 is 0. The first-order chi connectivity index (χ1) is 9.89. The second-order valence-corrected chi connectivity index (χ2v) is 9.04. The number of esters is 1. The Morgan fingerprint density at radius 3 is 2.62 bits per heavy atom. The van der Waals surface area contributed by atoms with Crippen molar-refractivity contribution in [2.24, 2.45) is 0 Å². The third-order valence-electron chi connectivity index (χ3n) is 4.92. The van der Waals surface area contributed by atoms with Crippen molar-refractivity contribution >= 4 is 15.8 Å². The number of hydrogen-bond donors (Lipinski definition) is 0. The van der Waals surface area contributed by atoms with E-state index in [1.807, 2.05) is 0 Å². The molecule has 122 valence electrons. The van der Waals surface area contributed by atoms with E-state index in [9.17, 15) is 13.2 Å². The van der Waals surface area contributed by atoms with Crippen LogP contribution in [0.5, 0.6) is 0 Å². The van der Waals surface area contributed by atoms with E-state index in [2.05, 4.69) is 4.74 Å². The van der Waals surface area contributed by atoms with Crippen molar-refractivity contribution < 1.29 is 22.7 Å². The van der Waals surface area contributed by atoms with E-state index in [1.165, 1.54) is 13.5 Å².